The molecule has 3 rings (SSSR count). The van der Waals surface area contributed by atoms with Gasteiger partial charge in [-0.15, -0.1) is 0 Å². The Bertz CT molecular complexity index is 886. The van der Waals surface area contributed by atoms with Crippen molar-refractivity contribution in [3.05, 3.63) is 78.0 Å². The molecule has 0 amide bonds. The van der Waals surface area contributed by atoms with E-state index in [1.807, 2.05) is 78.5 Å². The Balaban J connectivity index is 1.97. The molecule has 0 saturated heterocycles. The summed E-state index contributed by atoms with van der Waals surface area (Å²) in [6.07, 6.45) is 0.462. The number of hydrogen-bond donors (Lipinski definition) is 0. The molecule has 6 heteroatoms. The summed E-state index contributed by atoms with van der Waals surface area (Å²) in [6, 6.07) is 21.8. The molecule has 0 saturated carbocycles. The molecule has 1 atom stereocenters. The van der Waals surface area contributed by atoms with Gasteiger partial charge in [-0.1, -0.05) is 60.7 Å². The first-order chi connectivity index (χ1) is 12.6. The van der Waals surface area contributed by atoms with E-state index in [1.165, 1.54) is 14.2 Å². The van der Waals surface area contributed by atoms with Gasteiger partial charge in [-0.3, -0.25) is 9.25 Å². The summed E-state index contributed by atoms with van der Waals surface area (Å²) >= 11 is 0. The van der Waals surface area contributed by atoms with Crippen LogP contribution in [0.4, 0.5) is 0 Å². The van der Waals surface area contributed by atoms with Gasteiger partial charge in [0.1, 0.15) is 0 Å². The van der Waals surface area contributed by atoms with Crippen molar-refractivity contribution in [2.45, 2.75) is 12.1 Å². The molecule has 1 heterocycles. The summed E-state index contributed by atoms with van der Waals surface area (Å²) in [7, 11) is 1.46. The van der Waals surface area contributed by atoms with E-state index in [-0.39, 0.29) is 0 Å². The van der Waals surface area contributed by atoms with Gasteiger partial charge in [-0.2, -0.15) is 5.10 Å². The number of aromatic nitrogens is 2. The van der Waals surface area contributed by atoms with Crippen molar-refractivity contribution in [1.82, 2.24) is 9.78 Å². The van der Waals surface area contributed by atoms with Crippen LogP contribution in [0.3, 0.4) is 0 Å². The summed E-state index contributed by atoms with van der Waals surface area (Å²) in [6.45, 7) is 0. The third-order valence-corrected chi connectivity index (χ3v) is 6.74. The van der Waals surface area contributed by atoms with E-state index in [0.29, 0.717) is 6.42 Å². The molecule has 0 bridgehead atoms. The normalized spacial score (nSPS) is 12.9. The van der Waals surface area contributed by atoms with E-state index in [1.54, 1.807) is 0 Å². The summed E-state index contributed by atoms with van der Waals surface area (Å²) in [5.41, 5.74) is 3.43. The van der Waals surface area contributed by atoms with Crippen molar-refractivity contribution in [2.24, 2.45) is 7.05 Å². The molecule has 0 aliphatic rings. The zero-order valence-corrected chi connectivity index (χ0v) is 16.1. The minimum absolute atomic E-state index is 0.419. The van der Waals surface area contributed by atoms with Crippen LogP contribution in [0.25, 0.3) is 11.3 Å². The van der Waals surface area contributed by atoms with Gasteiger partial charge < -0.3 is 9.05 Å². The fourth-order valence-electron chi connectivity index (χ4n) is 3.12. The van der Waals surface area contributed by atoms with Crippen LogP contribution in [0.2, 0.25) is 0 Å². The SMILES string of the molecule is COP(=O)(OC)C(Cc1cc(-c2ccccc2)n(C)n1)c1ccccc1. The van der Waals surface area contributed by atoms with Gasteiger partial charge >= 0.3 is 7.60 Å². The van der Waals surface area contributed by atoms with Gasteiger partial charge in [0.2, 0.25) is 0 Å². The summed E-state index contributed by atoms with van der Waals surface area (Å²) in [5.74, 6) is 0. The van der Waals surface area contributed by atoms with Crippen molar-refractivity contribution >= 4 is 7.60 Å². The molecule has 5 nitrogen and oxygen atoms in total. The predicted molar refractivity (Wildman–Crippen MR) is 103 cm³/mol. The highest BCUT2D eigenvalue weighted by Crippen LogP contribution is 2.61. The first kappa shape index (κ1) is 18.6. The second-order valence-corrected chi connectivity index (χ2v) is 8.48. The molecule has 136 valence electrons. The zero-order valence-electron chi connectivity index (χ0n) is 15.2. The lowest BCUT2D eigenvalue weighted by atomic mass is 10.1. The van der Waals surface area contributed by atoms with Crippen molar-refractivity contribution in [1.29, 1.82) is 0 Å². The third kappa shape index (κ3) is 3.80. The monoisotopic (exact) mass is 370 g/mol. The summed E-state index contributed by atoms with van der Waals surface area (Å²) in [4.78, 5) is 0. The molecule has 0 fully saturated rings. The second kappa shape index (κ2) is 8.00. The van der Waals surface area contributed by atoms with Gasteiger partial charge in [0.15, 0.2) is 0 Å². The zero-order chi connectivity index (χ0) is 18.6. The number of aryl methyl sites for hydroxylation is 1. The fourth-order valence-corrected chi connectivity index (χ4v) is 4.73. The number of benzene rings is 2. The van der Waals surface area contributed by atoms with Gasteiger partial charge in [-0.25, -0.2) is 0 Å². The molecule has 0 aliphatic heterocycles. The maximum absolute atomic E-state index is 13.1. The van der Waals surface area contributed by atoms with Crippen LogP contribution in [-0.4, -0.2) is 24.0 Å². The molecule has 26 heavy (non-hydrogen) atoms. The predicted octanol–water partition coefficient (Wildman–Crippen LogP) is 4.86. The first-order valence-electron chi connectivity index (χ1n) is 8.42. The molecular weight excluding hydrogens is 347 g/mol. The van der Waals surface area contributed by atoms with Crippen LogP contribution in [0.5, 0.6) is 0 Å². The first-order valence-corrected chi connectivity index (χ1v) is 10.0. The molecule has 2 aromatic carbocycles. The molecule has 0 aliphatic carbocycles. The Hall–Kier alpha value is -2.20. The van der Waals surface area contributed by atoms with Crippen LogP contribution >= 0.6 is 7.60 Å². The van der Waals surface area contributed by atoms with Gasteiger partial charge in [-0.05, 0) is 17.2 Å². The maximum Gasteiger partial charge on any atom is 0.337 e. The minimum atomic E-state index is -3.31. The fraction of sp³-hybridized carbons (Fsp3) is 0.250. The number of nitrogens with zero attached hydrogens (tertiary/aromatic N) is 2. The minimum Gasteiger partial charge on any atom is -0.312 e. The van der Waals surface area contributed by atoms with Crippen molar-refractivity contribution in [2.75, 3.05) is 14.2 Å². The van der Waals surface area contributed by atoms with E-state index in [0.717, 1.165) is 22.5 Å². The standard InChI is InChI=1S/C20H23N2O3P/c1-22-19(16-10-6-4-7-11-16)14-18(21-22)15-20(26(23,24-2)25-3)17-12-8-5-9-13-17/h4-14,20H,15H2,1-3H3. The smallest absolute Gasteiger partial charge is 0.312 e. The highest BCUT2D eigenvalue weighted by atomic mass is 31.2. The summed E-state index contributed by atoms with van der Waals surface area (Å²) < 4.78 is 25.6. The average molecular weight is 370 g/mol. The van der Waals surface area contributed by atoms with E-state index in [2.05, 4.69) is 5.10 Å². The highest BCUT2D eigenvalue weighted by Gasteiger charge is 2.36. The Labute approximate surface area is 154 Å². The van der Waals surface area contributed by atoms with Crippen LogP contribution in [0.15, 0.2) is 66.7 Å². The molecule has 0 radical (unpaired) electrons. The lowest BCUT2D eigenvalue weighted by Gasteiger charge is -2.24. The van der Waals surface area contributed by atoms with Crippen LogP contribution < -0.4 is 0 Å². The van der Waals surface area contributed by atoms with Gasteiger partial charge in [0.05, 0.1) is 17.0 Å². The van der Waals surface area contributed by atoms with E-state index >= 15 is 0 Å². The molecule has 1 unspecified atom stereocenters. The molecule has 3 aromatic rings. The number of rotatable bonds is 7. The Morgan fingerprint density at radius 3 is 2.15 bits per heavy atom. The lowest BCUT2D eigenvalue weighted by Crippen LogP contribution is -2.08. The Morgan fingerprint density at radius 2 is 1.58 bits per heavy atom. The molecule has 0 spiro atoms. The molecular formula is C20H23N2O3P. The van der Waals surface area contributed by atoms with E-state index in [9.17, 15) is 4.57 Å². The van der Waals surface area contributed by atoms with Crippen molar-refractivity contribution in [3.8, 4) is 11.3 Å². The van der Waals surface area contributed by atoms with E-state index in [4.69, 9.17) is 9.05 Å². The van der Waals surface area contributed by atoms with Gasteiger partial charge in [0, 0.05) is 27.7 Å². The Morgan fingerprint density at radius 1 is 1.00 bits per heavy atom. The second-order valence-electron chi connectivity index (χ2n) is 6.05. The quantitative estimate of drug-likeness (QED) is 0.558. The Kier molecular flexibility index (Phi) is 5.72. The van der Waals surface area contributed by atoms with Crippen LogP contribution in [-0.2, 0) is 27.1 Å². The molecule has 0 N–H and O–H groups in total. The highest BCUT2D eigenvalue weighted by molar-refractivity contribution is 7.54. The van der Waals surface area contributed by atoms with Crippen LogP contribution in [0, 0.1) is 0 Å². The van der Waals surface area contributed by atoms with Crippen molar-refractivity contribution in [3.63, 3.8) is 0 Å². The topological polar surface area (TPSA) is 53.4 Å². The van der Waals surface area contributed by atoms with Crippen LogP contribution in [0.1, 0.15) is 16.9 Å². The maximum atomic E-state index is 13.1. The largest absolute Gasteiger partial charge is 0.337 e. The lowest BCUT2D eigenvalue weighted by molar-refractivity contribution is 0.265. The molecule has 1 aromatic heterocycles. The summed E-state index contributed by atoms with van der Waals surface area (Å²) in [5, 5.41) is 4.62. The average Bonchev–Trinajstić information content (AvgIpc) is 3.07. The van der Waals surface area contributed by atoms with Crippen molar-refractivity contribution < 1.29 is 13.6 Å². The van der Waals surface area contributed by atoms with E-state index < -0.39 is 13.3 Å². The number of hydrogen-bond acceptors (Lipinski definition) is 4. The van der Waals surface area contributed by atoms with Gasteiger partial charge in [0.25, 0.3) is 0 Å². The third-order valence-electron chi connectivity index (χ3n) is 4.48.